The van der Waals surface area contributed by atoms with Gasteiger partial charge in [0.1, 0.15) is 11.7 Å². The van der Waals surface area contributed by atoms with Crippen LogP contribution < -0.4 is 10.6 Å². The molecule has 0 amide bonds. The zero-order valence-corrected chi connectivity index (χ0v) is 10.4. The standard InChI is InChI=1S/C12H20N4/c1-5-9(3)16(4)12-10(11(13)14)8(2)6-7-15-12/h6-7,9H,5H2,1-4H3,(H3,13,14). The van der Waals surface area contributed by atoms with Crippen LogP contribution in [-0.4, -0.2) is 23.9 Å². The van der Waals surface area contributed by atoms with Gasteiger partial charge in [-0.3, -0.25) is 5.41 Å². The number of nitrogens with two attached hydrogens (primary N) is 1. The monoisotopic (exact) mass is 220 g/mol. The summed E-state index contributed by atoms with van der Waals surface area (Å²) in [6.07, 6.45) is 2.79. The third kappa shape index (κ3) is 2.32. The van der Waals surface area contributed by atoms with Gasteiger partial charge in [0.05, 0.1) is 5.56 Å². The van der Waals surface area contributed by atoms with Gasteiger partial charge >= 0.3 is 0 Å². The van der Waals surface area contributed by atoms with Crippen LogP contribution in [0.2, 0.25) is 0 Å². The summed E-state index contributed by atoms with van der Waals surface area (Å²) in [6.45, 7) is 6.21. The van der Waals surface area contributed by atoms with Gasteiger partial charge in [-0.05, 0) is 31.9 Å². The molecule has 0 aliphatic carbocycles. The summed E-state index contributed by atoms with van der Waals surface area (Å²) in [4.78, 5) is 6.41. The van der Waals surface area contributed by atoms with E-state index in [1.165, 1.54) is 0 Å². The Bertz CT molecular complexity index is 387. The Morgan fingerprint density at radius 1 is 1.62 bits per heavy atom. The molecule has 4 nitrogen and oxygen atoms in total. The third-order valence-electron chi connectivity index (χ3n) is 2.99. The molecule has 16 heavy (non-hydrogen) atoms. The Morgan fingerprint density at radius 2 is 2.25 bits per heavy atom. The van der Waals surface area contributed by atoms with E-state index in [9.17, 15) is 0 Å². The Hall–Kier alpha value is -1.58. The third-order valence-corrected chi connectivity index (χ3v) is 2.99. The lowest BCUT2D eigenvalue weighted by Crippen LogP contribution is -2.31. The maximum atomic E-state index is 7.62. The normalized spacial score (nSPS) is 12.2. The number of aromatic nitrogens is 1. The van der Waals surface area contributed by atoms with Crippen LogP contribution in [0.3, 0.4) is 0 Å². The smallest absolute Gasteiger partial charge is 0.139 e. The van der Waals surface area contributed by atoms with Crippen molar-refractivity contribution in [3.8, 4) is 0 Å². The number of nitrogens with one attached hydrogen (secondary N) is 1. The molecule has 1 heterocycles. The van der Waals surface area contributed by atoms with Gasteiger partial charge in [0.25, 0.3) is 0 Å². The van der Waals surface area contributed by atoms with E-state index < -0.39 is 0 Å². The maximum Gasteiger partial charge on any atom is 0.139 e. The first-order valence-corrected chi connectivity index (χ1v) is 5.51. The molecule has 3 N–H and O–H groups in total. The van der Waals surface area contributed by atoms with Crippen LogP contribution in [0.25, 0.3) is 0 Å². The van der Waals surface area contributed by atoms with Crippen LogP contribution in [0.1, 0.15) is 31.4 Å². The average Bonchev–Trinajstić information content (AvgIpc) is 2.26. The predicted octanol–water partition coefficient (Wildman–Crippen LogP) is 1.91. The van der Waals surface area contributed by atoms with Crippen molar-refractivity contribution < 1.29 is 0 Å². The van der Waals surface area contributed by atoms with Crippen molar-refractivity contribution in [3.05, 3.63) is 23.4 Å². The first-order valence-electron chi connectivity index (χ1n) is 5.51. The second-order valence-corrected chi connectivity index (χ2v) is 4.11. The largest absolute Gasteiger partial charge is 0.384 e. The Kier molecular flexibility index (Phi) is 3.88. The molecule has 1 rings (SSSR count). The summed E-state index contributed by atoms with van der Waals surface area (Å²) in [6, 6.07) is 2.26. The van der Waals surface area contributed by atoms with Crippen molar-refractivity contribution in [1.82, 2.24) is 4.98 Å². The molecule has 0 fully saturated rings. The second kappa shape index (κ2) is 4.96. The van der Waals surface area contributed by atoms with Gasteiger partial charge in [-0.1, -0.05) is 6.92 Å². The van der Waals surface area contributed by atoms with E-state index in [2.05, 4.69) is 23.7 Å². The van der Waals surface area contributed by atoms with Crippen molar-refractivity contribution >= 4 is 11.7 Å². The lowest BCUT2D eigenvalue weighted by Gasteiger charge is -2.27. The molecule has 0 aliphatic heterocycles. The molecule has 1 atom stereocenters. The van der Waals surface area contributed by atoms with Gasteiger partial charge < -0.3 is 10.6 Å². The number of nitrogen functional groups attached to an aromatic ring is 1. The Labute approximate surface area is 97.0 Å². The molecule has 0 saturated carbocycles. The minimum atomic E-state index is 0.0794. The summed E-state index contributed by atoms with van der Waals surface area (Å²) in [5, 5.41) is 7.62. The van der Waals surface area contributed by atoms with Gasteiger partial charge in [-0.2, -0.15) is 0 Å². The van der Waals surface area contributed by atoms with E-state index >= 15 is 0 Å². The molecular formula is C12H20N4. The van der Waals surface area contributed by atoms with Gasteiger partial charge in [-0.25, -0.2) is 4.98 Å². The van der Waals surface area contributed by atoms with Crippen LogP contribution in [-0.2, 0) is 0 Å². The SMILES string of the molecule is CCC(C)N(C)c1nccc(C)c1C(=N)N. The highest BCUT2D eigenvalue weighted by Crippen LogP contribution is 2.21. The predicted molar refractivity (Wildman–Crippen MR) is 68.1 cm³/mol. The number of anilines is 1. The molecule has 0 saturated heterocycles. The highest BCUT2D eigenvalue weighted by molar-refractivity contribution is 6.00. The number of hydrogen-bond acceptors (Lipinski definition) is 3. The van der Waals surface area contributed by atoms with Crippen molar-refractivity contribution in [1.29, 1.82) is 5.41 Å². The number of rotatable bonds is 4. The van der Waals surface area contributed by atoms with E-state index in [1.54, 1.807) is 6.20 Å². The van der Waals surface area contributed by atoms with Crippen molar-refractivity contribution in [2.45, 2.75) is 33.2 Å². The summed E-state index contributed by atoms with van der Waals surface area (Å²) < 4.78 is 0. The fourth-order valence-electron chi connectivity index (χ4n) is 1.63. The Balaban J connectivity index is 3.22. The van der Waals surface area contributed by atoms with Gasteiger partial charge in [0, 0.05) is 19.3 Å². The van der Waals surface area contributed by atoms with Gasteiger partial charge in [-0.15, -0.1) is 0 Å². The molecule has 0 aromatic carbocycles. The second-order valence-electron chi connectivity index (χ2n) is 4.11. The van der Waals surface area contributed by atoms with Gasteiger partial charge in [0.2, 0.25) is 0 Å². The summed E-state index contributed by atoms with van der Waals surface area (Å²) in [5.74, 6) is 0.873. The van der Waals surface area contributed by atoms with Crippen LogP contribution in [0.4, 0.5) is 5.82 Å². The molecule has 4 heteroatoms. The maximum absolute atomic E-state index is 7.62. The molecular weight excluding hydrogens is 200 g/mol. The Morgan fingerprint density at radius 3 is 2.75 bits per heavy atom. The zero-order valence-electron chi connectivity index (χ0n) is 10.4. The molecule has 1 aromatic rings. The highest BCUT2D eigenvalue weighted by atomic mass is 15.2. The zero-order chi connectivity index (χ0) is 12.3. The molecule has 0 radical (unpaired) electrons. The number of amidine groups is 1. The minimum absolute atomic E-state index is 0.0794. The summed E-state index contributed by atoms with van der Waals surface area (Å²) in [7, 11) is 1.99. The van der Waals surface area contributed by atoms with Crippen LogP contribution in [0, 0.1) is 12.3 Å². The van der Waals surface area contributed by atoms with E-state index in [-0.39, 0.29) is 5.84 Å². The lowest BCUT2D eigenvalue weighted by molar-refractivity contribution is 0.656. The first-order chi connectivity index (χ1) is 7.49. The molecule has 0 aliphatic rings. The quantitative estimate of drug-likeness (QED) is 0.601. The highest BCUT2D eigenvalue weighted by Gasteiger charge is 2.16. The topological polar surface area (TPSA) is 66.0 Å². The van der Waals surface area contributed by atoms with Crippen molar-refractivity contribution in [3.63, 3.8) is 0 Å². The molecule has 0 bridgehead atoms. The number of hydrogen-bond donors (Lipinski definition) is 2. The van der Waals surface area contributed by atoms with Crippen LogP contribution >= 0.6 is 0 Å². The number of nitrogens with zero attached hydrogens (tertiary/aromatic N) is 2. The fraction of sp³-hybridized carbons (Fsp3) is 0.500. The average molecular weight is 220 g/mol. The lowest BCUT2D eigenvalue weighted by atomic mass is 10.1. The molecule has 1 aromatic heterocycles. The number of pyridine rings is 1. The van der Waals surface area contributed by atoms with Crippen molar-refractivity contribution in [2.24, 2.45) is 5.73 Å². The molecule has 88 valence electrons. The van der Waals surface area contributed by atoms with E-state index in [1.807, 2.05) is 20.0 Å². The number of aryl methyl sites for hydroxylation is 1. The van der Waals surface area contributed by atoms with Crippen LogP contribution in [0.5, 0.6) is 0 Å². The van der Waals surface area contributed by atoms with Crippen LogP contribution in [0.15, 0.2) is 12.3 Å². The fourth-order valence-corrected chi connectivity index (χ4v) is 1.63. The minimum Gasteiger partial charge on any atom is -0.384 e. The summed E-state index contributed by atoms with van der Waals surface area (Å²) >= 11 is 0. The molecule has 1 unspecified atom stereocenters. The molecule has 0 spiro atoms. The van der Waals surface area contributed by atoms with E-state index in [4.69, 9.17) is 11.1 Å². The van der Waals surface area contributed by atoms with E-state index in [0.29, 0.717) is 6.04 Å². The summed E-state index contributed by atoms with van der Waals surface area (Å²) in [5.41, 5.74) is 7.35. The first kappa shape index (κ1) is 12.5. The van der Waals surface area contributed by atoms with Crippen molar-refractivity contribution in [2.75, 3.05) is 11.9 Å². The van der Waals surface area contributed by atoms with Gasteiger partial charge in [0.15, 0.2) is 0 Å². The van der Waals surface area contributed by atoms with E-state index in [0.717, 1.165) is 23.4 Å².